The van der Waals surface area contributed by atoms with Crippen LogP contribution in [0.15, 0.2) is 30.0 Å². The lowest BCUT2D eigenvalue weighted by Crippen LogP contribution is -2.47. The van der Waals surface area contributed by atoms with Crippen LogP contribution >= 0.6 is 0 Å². The highest BCUT2D eigenvalue weighted by Crippen LogP contribution is 2.33. The Hall–Kier alpha value is -2.67. The zero-order valence-electron chi connectivity index (χ0n) is 16.8. The first-order chi connectivity index (χ1) is 13.3. The molecule has 3 rings (SSSR count). The van der Waals surface area contributed by atoms with Gasteiger partial charge in [0.1, 0.15) is 5.70 Å². The highest BCUT2D eigenvalue weighted by Gasteiger charge is 2.42. The summed E-state index contributed by atoms with van der Waals surface area (Å²) in [5.74, 6) is -0.666. The van der Waals surface area contributed by atoms with E-state index in [0.717, 1.165) is 0 Å². The zero-order valence-corrected chi connectivity index (χ0v) is 16.8. The van der Waals surface area contributed by atoms with Crippen molar-refractivity contribution in [2.24, 2.45) is 0 Å². The number of anilines is 1. The lowest BCUT2D eigenvalue weighted by atomic mass is 10.0. The number of ether oxygens (including phenoxy) is 1. The summed E-state index contributed by atoms with van der Waals surface area (Å²) in [5.41, 5.74) is 2.20. The van der Waals surface area contributed by atoms with Crippen LogP contribution < -0.4 is 5.32 Å². The van der Waals surface area contributed by atoms with Crippen molar-refractivity contribution in [2.75, 3.05) is 25.0 Å². The summed E-state index contributed by atoms with van der Waals surface area (Å²) in [7, 11) is 0. The maximum absolute atomic E-state index is 13.1. The van der Waals surface area contributed by atoms with E-state index in [1.165, 1.54) is 11.8 Å². The second-order valence-electron chi connectivity index (χ2n) is 7.41. The molecule has 0 bridgehead atoms. The first-order valence-corrected chi connectivity index (χ1v) is 9.70. The molecule has 1 saturated heterocycles. The number of nitrogens with one attached hydrogen (secondary N) is 1. The summed E-state index contributed by atoms with van der Waals surface area (Å²) in [6.45, 7) is 8.84. The number of rotatable bonds is 5. The molecule has 1 fully saturated rings. The van der Waals surface area contributed by atoms with E-state index in [-0.39, 0.29) is 29.9 Å². The second kappa shape index (κ2) is 8.14. The Morgan fingerprint density at radius 1 is 1.11 bits per heavy atom. The Morgan fingerprint density at radius 2 is 1.71 bits per heavy atom. The first-order valence-electron chi connectivity index (χ1n) is 9.70. The molecule has 2 aliphatic rings. The lowest BCUT2D eigenvalue weighted by Gasteiger charge is -2.37. The van der Waals surface area contributed by atoms with Crippen LogP contribution in [-0.2, 0) is 19.1 Å². The molecule has 2 unspecified atom stereocenters. The van der Waals surface area contributed by atoms with Crippen molar-refractivity contribution in [2.45, 2.75) is 46.3 Å². The van der Waals surface area contributed by atoms with E-state index in [2.05, 4.69) is 5.32 Å². The summed E-state index contributed by atoms with van der Waals surface area (Å²) in [5, 5.41) is 2.71. The van der Waals surface area contributed by atoms with Crippen LogP contribution in [0.3, 0.4) is 0 Å². The fraction of sp³-hybridized carbons (Fsp3) is 0.476. The van der Waals surface area contributed by atoms with Gasteiger partial charge in [-0.25, -0.2) is 0 Å². The van der Waals surface area contributed by atoms with Crippen molar-refractivity contribution in [3.8, 4) is 0 Å². The van der Waals surface area contributed by atoms with Crippen molar-refractivity contribution in [1.82, 2.24) is 9.80 Å². The summed E-state index contributed by atoms with van der Waals surface area (Å²) >= 11 is 0. The topological polar surface area (TPSA) is 79.0 Å². The molecule has 7 nitrogen and oxygen atoms in total. The molecule has 1 aromatic carbocycles. The molecular formula is C21H27N3O4. The predicted octanol–water partition coefficient (Wildman–Crippen LogP) is 2.24. The van der Waals surface area contributed by atoms with Gasteiger partial charge in [-0.15, -0.1) is 0 Å². The Labute approximate surface area is 165 Å². The largest absolute Gasteiger partial charge is 0.372 e. The van der Waals surface area contributed by atoms with Gasteiger partial charge in [0, 0.05) is 32.2 Å². The van der Waals surface area contributed by atoms with Gasteiger partial charge >= 0.3 is 0 Å². The minimum absolute atomic E-state index is 0.0252. The van der Waals surface area contributed by atoms with E-state index in [4.69, 9.17) is 4.74 Å². The summed E-state index contributed by atoms with van der Waals surface area (Å²) < 4.78 is 5.79. The molecular weight excluding hydrogens is 358 g/mol. The number of hydrogen-bond donors (Lipinski definition) is 1. The van der Waals surface area contributed by atoms with Crippen LogP contribution in [0.2, 0.25) is 0 Å². The number of hydrogen-bond acceptors (Lipinski definition) is 5. The third-order valence-electron chi connectivity index (χ3n) is 4.82. The molecule has 2 aliphatic heterocycles. The Balaban J connectivity index is 2.02. The molecule has 0 radical (unpaired) electrons. The maximum Gasteiger partial charge on any atom is 0.277 e. The molecule has 1 N–H and O–H groups in total. The number of morpholine rings is 1. The molecule has 0 aromatic heterocycles. The van der Waals surface area contributed by atoms with Crippen molar-refractivity contribution in [3.63, 3.8) is 0 Å². The van der Waals surface area contributed by atoms with E-state index in [9.17, 15) is 14.4 Å². The SMILES string of the molecule is CCCN1C(=O)C(c2ccc(NC(C)=O)cc2)=C(N2CC(C)OC(C)C2)C1=O. The minimum atomic E-state index is -0.263. The van der Waals surface area contributed by atoms with Gasteiger partial charge in [-0.05, 0) is 38.0 Å². The van der Waals surface area contributed by atoms with Crippen LogP contribution in [-0.4, -0.2) is 59.4 Å². The molecule has 0 aliphatic carbocycles. The molecule has 1 aromatic rings. The summed E-state index contributed by atoms with van der Waals surface area (Å²) in [6, 6.07) is 7.03. The van der Waals surface area contributed by atoms with Crippen molar-refractivity contribution < 1.29 is 19.1 Å². The predicted molar refractivity (Wildman–Crippen MR) is 106 cm³/mol. The number of nitrogens with zero attached hydrogens (tertiary/aromatic N) is 2. The average Bonchev–Trinajstić information content (AvgIpc) is 2.86. The highest BCUT2D eigenvalue weighted by atomic mass is 16.5. The number of amides is 3. The Morgan fingerprint density at radius 3 is 2.25 bits per heavy atom. The average molecular weight is 385 g/mol. The molecule has 2 atom stereocenters. The lowest BCUT2D eigenvalue weighted by molar-refractivity contribution is -0.138. The second-order valence-corrected chi connectivity index (χ2v) is 7.41. The monoisotopic (exact) mass is 385 g/mol. The van der Waals surface area contributed by atoms with Gasteiger partial charge < -0.3 is 15.0 Å². The van der Waals surface area contributed by atoms with E-state index in [1.807, 2.05) is 25.7 Å². The normalized spacial score (nSPS) is 22.9. The molecule has 3 amide bonds. The number of carbonyl (C=O) groups is 3. The molecule has 0 saturated carbocycles. The van der Waals surface area contributed by atoms with E-state index >= 15 is 0 Å². The number of imide groups is 1. The number of carbonyl (C=O) groups excluding carboxylic acids is 3. The van der Waals surface area contributed by atoms with Gasteiger partial charge in [-0.3, -0.25) is 19.3 Å². The van der Waals surface area contributed by atoms with Crippen LogP contribution in [0.4, 0.5) is 5.69 Å². The first kappa shape index (κ1) is 20.1. The fourth-order valence-corrected chi connectivity index (χ4v) is 3.83. The van der Waals surface area contributed by atoms with E-state index in [0.29, 0.717) is 48.6 Å². The van der Waals surface area contributed by atoms with Crippen LogP contribution in [0.1, 0.15) is 39.7 Å². The van der Waals surface area contributed by atoms with E-state index < -0.39 is 0 Å². The van der Waals surface area contributed by atoms with Gasteiger partial charge in [0.2, 0.25) is 5.91 Å². The van der Waals surface area contributed by atoms with Gasteiger partial charge in [-0.1, -0.05) is 19.1 Å². The highest BCUT2D eigenvalue weighted by molar-refractivity contribution is 6.35. The van der Waals surface area contributed by atoms with Gasteiger partial charge in [-0.2, -0.15) is 0 Å². The van der Waals surface area contributed by atoms with Gasteiger partial charge in [0.05, 0.1) is 17.8 Å². The van der Waals surface area contributed by atoms with Crippen molar-refractivity contribution >= 4 is 29.0 Å². The zero-order chi connectivity index (χ0) is 20.4. The number of benzene rings is 1. The summed E-state index contributed by atoms with van der Waals surface area (Å²) in [4.78, 5) is 40.8. The fourth-order valence-electron chi connectivity index (χ4n) is 3.83. The third-order valence-corrected chi connectivity index (χ3v) is 4.82. The van der Waals surface area contributed by atoms with Gasteiger partial charge in [0.15, 0.2) is 0 Å². The van der Waals surface area contributed by atoms with Crippen LogP contribution in [0, 0.1) is 0 Å². The van der Waals surface area contributed by atoms with Gasteiger partial charge in [0.25, 0.3) is 11.8 Å². The van der Waals surface area contributed by atoms with Crippen LogP contribution in [0.5, 0.6) is 0 Å². The van der Waals surface area contributed by atoms with E-state index in [1.54, 1.807) is 24.3 Å². The van der Waals surface area contributed by atoms with Crippen molar-refractivity contribution in [1.29, 1.82) is 0 Å². The Kier molecular flexibility index (Phi) is 5.84. The molecule has 7 heteroatoms. The maximum atomic E-state index is 13.1. The van der Waals surface area contributed by atoms with Crippen molar-refractivity contribution in [3.05, 3.63) is 35.5 Å². The quantitative estimate of drug-likeness (QED) is 0.787. The molecule has 0 spiro atoms. The summed E-state index contributed by atoms with van der Waals surface area (Å²) in [6.07, 6.45) is 0.653. The molecule has 150 valence electrons. The van der Waals surface area contributed by atoms with Crippen LogP contribution in [0.25, 0.3) is 5.57 Å². The standard InChI is InChI=1S/C21H27N3O4/c1-5-10-24-20(26)18(16-6-8-17(9-7-16)22-15(4)25)19(21(24)27)23-11-13(2)28-14(3)12-23/h6-9,13-14H,5,10-12H2,1-4H3,(H,22,25). The smallest absolute Gasteiger partial charge is 0.277 e. The molecule has 2 heterocycles. The third kappa shape index (κ3) is 3.94. The molecule has 28 heavy (non-hydrogen) atoms. The Bertz CT molecular complexity index is 805. The minimum Gasteiger partial charge on any atom is -0.372 e.